The predicted octanol–water partition coefficient (Wildman–Crippen LogP) is 14.1. The van der Waals surface area contributed by atoms with Gasteiger partial charge in [-0.25, -0.2) is 15.0 Å². The van der Waals surface area contributed by atoms with Gasteiger partial charge in [-0.1, -0.05) is 170 Å². The predicted molar refractivity (Wildman–Crippen MR) is 235 cm³/mol. The summed E-state index contributed by atoms with van der Waals surface area (Å²) in [5, 5.41) is 6.75. The van der Waals surface area contributed by atoms with Crippen LogP contribution in [0.15, 0.2) is 205 Å². The van der Waals surface area contributed by atoms with E-state index in [2.05, 4.69) is 164 Å². The second-order valence-corrected chi connectivity index (χ2v) is 14.4. The van der Waals surface area contributed by atoms with E-state index in [0.29, 0.717) is 17.5 Å². The van der Waals surface area contributed by atoms with Crippen molar-refractivity contribution in [3.05, 3.63) is 200 Å². The van der Waals surface area contributed by atoms with Crippen molar-refractivity contribution >= 4 is 43.5 Å². The molecular formula is C53H33N3O. The number of rotatable bonds is 6. The van der Waals surface area contributed by atoms with Crippen molar-refractivity contribution in [3.63, 3.8) is 0 Å². The average Bonchev–Trinajstić information content (AvgIpc) is 3.66. The molecule has 0 unspecified atom stereocenters. The molecule has 0 amide bonds. The van der Waals surface area contributed by atoms with E-state index in [1.807, 2.05) is 36.4 Å². The summed E-state index contributed by atoms with van der Waals surface area (Å²) in [6, 6.07) is 69.9. The second-order valence-electron chi connectivity index (χ2n) is 14.4. The van der Waals surface area contributed by atoms with Crippen LogP contribution >= 0.6 is 0 Å². The van der Waals surface area contributed by atoms with Gasteiger partial charge in [-0.3, -0.25) is 0 Å². The summed E-state index contributed by atoms with van der Waals surface area (Å²) in [4.78, 5) is 15.4. The third-order valence-corrected chi connectivity index (χ3v) is 10.9. The lowest BCUT2D eigenvalue weighted by Gasteiger charge is -2.14. The molecule has 0 saturated carbocycles. The zero-order chi connectivity index (χ0) is 37.7. The normalized spacial score (nSPS) is 11.5. The van der Waals surface area contributed by atoms with Crippen molar-refractivity contribution < 1.29 is 4.42 Å². The van der Waals surface area contributed by atoms with Crippen LogP contribution in [0.3, 0.4) is 0 Å². The van der Waals surface area contributed by atoms with Crippen molar-refractivity contribution in [1.29, 1.82) is 0 Å². The molecule has 2 aromatic heterocycles. The zero-order valence-electron chi connectivity index (χ0n) is 30.8. The van der Waals surface area contributed by atoms with Gasteiger partial charge in [0.25, 0.3) is 0 Å². The molecule has 266 valence electrons. The Morgan fingerprint density at radius 3 is 1.51 bits per heavy atom. The van der Waals surface area contributed by atoms with Crippen LogP contribution in [0.1, 0.15) is 0 Å². The lowest BCUT2D eigenvalue weighted by atomic mass is 9.92. The van der Waals surface area contributed by atoms with Crippen LogP contribution < -0.4 is 0 Å². The Morgan fingerprint density at radius 2 is 0.789 bits per heavy atom. The van der Waals surface area contributed by atoms with E-state index in [9.17, 15) is 0 Å². The Kier molecular flexibility index (Phi) is 7.78. The van der Waals surface area contributed by atoms with Crippen LogP contribution in [-0.4, -0.2) is 15.0 Å². The molecular weight excluding hydrogens is 695 g/mol. The van der Waals surface area contributed by atoms with E-state index in [1.54, 1.807) is 0 Å². The van der Waals surface area contributed by atoms with Crippen LogP contribution in [0.25, 0.3) is 111 Å². The second kappa shape index (κ2) is 13.6. The standard InChI is InChI=1S/C53H33N3O/c1-3-13-34(14-4-1)38-19-11-20-39(31-38)35-25-27-37(28-26-35)52-54-51(36-15-5-2-6-16-36)55-53(56-52)46-30-29-44(42-21-9-10-22-43(42)46)45-23-12-24-48-50(45)47-32-40-17-7-8-18-41(40)33-49(47)57-48/h1-33H. The molecule has 0 fully saturated rings. The molecule has 0 aliphatic carbocycles. The number of benzene rings is 9. The highest BCUT2D eigenvalue weighted by molar-refractivity contribution is 6.18. The first-order valence-electron chi connectivity index (χ1n) is 19.2. The van der Waals surface area contributed by atoms with Gasteiger partial charge in [0, 0.05) is 27.5 Å². The van der Waals surface area contributed by atoms with Gasteiger partial charge in [0.1, 0.15) is 11.2 Å². The van der Waals surface area contributed by atoms with Crippen LogP contribution in [0, 0.1) is 0 Å². The van der Waals surface area contributed by atoms with E-state index in [1.165, 1.54) is 16.5 Å². The zero-order valence-corrected chi connectivity index (χ0v) is 30.8. The SMILES string of the molecule is c1ccc(-c2cccc(-c3ccc(-c4nc(-c5ccccc5)nc(-c5ccc(-c6cccc7oc8cc9ccccc9cc8c67)c6ccccc56)n4)cc3)c2)cc1. The first kappa shape index (κ1) is 32.7. The maximum Gasteiger partial charge on any atom is 0.164 e. The van der Waals surface area contributed by atoms with Gasteiger partial charge in [-0.2, -0.15) is 0 Å². The molecule has 0 aliphatic heterocycles. The number of furan rings is 1. The maximum absolute atomic E-state index is 6.47. The number of hydrogen-bond acceptors (Lipinski definition) is 4. The first-order valence-corrected chi connectivity index (χ1v) is 19.2. The Hall–Kier alpha value is -7.69. The van der Waals surface area contributed by atoms with Gasteiger partial charge < -0.3 is 4.42 Å². The molecule has 9 aromatic carbocycles. The van der Waals surface area contributed by atoms with E-state index < -0.39 is 0 Å². The molecule has 2 heterocycles. The van der Waals surface area contributed by atoms with Crippen molar-refractivity contribution in [1.82, 2.24) is 15.0 Å². The smallest absolute Gasteiger partial charge is 0.164 e. The molecule has 0 N–H and O–H groups in total. The van der Waals surface area contributed by atoms with E-state index in [4.69, 9.17) is 19.4 Å². The highest BCUT2D eigenvalue weighted by Gasteiger charge is 2.19. The van der Waals surface area contributed by atoms with Crippen molar-refractivity contribution in [2.75, 3.05) is 0 Å². The Morgan fingerprint density at radius 1 is 0.281 bits per heavy atom. The number of nitrogens with zero attached hydrogens (tertiary/aromatic N) is 3. The Balaban J connectivity index is 1.04. The topological polar surface area (TPSA) is 51.8 Å². The van der Waals surface area contributed by atoms with Crippen LogP contribution in [0.2, 0.25) is 0 Å². The third-order valence-electron chi connectivity index (χ3n) is 10.9. The lowest BCUT2D eigenvalue weighted by Crippen LogP contribution is -2.00. The fourth-order valence-corrected chi connectivity index (χ4v) is 8.13. The number of aromatic nitrogens is 3. The molecule has 11 rings (SSSR count). The van der Waals surface area contributed by atoms with Gasteiger partial charge >= 0.3 is 0 Å². The van der Waals surface area contributed by atoms with Gasteiger partial charge in [0.05, 0.1) is 0 Å². The molecule has 4 nitrogen and oxygen atoms in total. The highest BCUT2D eigenvalue weighted by Crippen LogP contribution is 2.42. The largest absolute Gasteiger partial charge is 0.456 e. The fraction of sp³-hybridized carbons (Fsp3) is 0. The van der Waals surface area contributed by atoms with E-state index in [0.717, 1.165) is 77.0 Å². The quantitative estimate of drug-likeness (QED) is 0.171. The average molecular weight is 728 g/mol. The summed E-state index contributed by atoms with van der Waals surface area (Å²) in [7, 11) is 0. The summed E-state index contributed by atoms with van der Waals surface area (Å²) in [6.45, 7) is 0. The molecule has 11 aromatic rings. The van der Waals surface area contributed by atoms with Crippen molar-refractivity contribution in [2.24, 2.45) is 0 Å². The Labute approximate surface area is 329 Å². The number of fused-ring (bicyclic) bond motifs is 5. The van der Waals surface area contributed by atoms with Gasteiger partial charge in [0.15, 0.2) is 17.5 Å². The van der Waals surface area contributed by atoms with Crippen molar-refractivity contribution in [2.45, 2.75) is 0 Å². The summed E-state index contributed by atoms with van der Waals surface area (Å²) in [5.41, 5.74) is 11.5. The van der Waals surface area contributed by atoms with Crippen LogP contribution in [-0.2, 0) is 0 Å². The minimum absolute atomic E-state index is 0.624. The maximum atomic E-state index is 6.47. The van der Waals surface area contributed by atoms with Gasteiger partial charge in [-0.05, 0) is 85.3 Å². The molecule has 0 saturated heterocycles. The lowest BCUT2D eigenvalue weighted by molar-refractivity contribution is 0.669. The van der Waals surface area contributed by atoms with Gasteiger partial charge in [0.2, 0.25) is 0 Å². The minimum Gasteiger partial charge on any atom is -0.456 e. The van der Waals surface area contributed by atoms with E-state index >= 15 is 0 Å². The molecule has 0 spiro atoms. The summed E-state index contributed by atoms with van der Waals surface area (Å²) in [5.74, 6) is 1.88. The summed E-state index contributed by atoms with van der Waals surface area (Å²) in [6.07, 6.45) is 0. The molecule has 0 atom stereocenters. The Bertz CT molecular complexity index is 3280. The minimum atomic E-state index is 0.624. The fourth-order valence-electron chi connectivity index (χ4n) is 8.13. The monoisotopic (exact) mass is 727 g/mol. The van der Waals surface area contributed by atoms with Gasteiger partial charge in [-0.15, -0.1) is 0 Å². The molecule has 0 bridgehead atoms. The van der Waals surface area contributed by atoms with E-state index in [-0.39, 0.29) is 0 Å². The molecule has 0 aliphatic rings. The summed E-state index contributed by atoms with van der Waals surface area (Å²) < 4.78 is 6.47. The molecule has 0 radical (unpaired) electrons. The van der Waals surface area contributed by atoms with Crippen LogP contribution in [0.5, 0.6) is 0 Å². The molecule has 4 heteroatoms. The molecule has 57 heavy (non-hydrogen) atoms. The third kappa shape index (κ3) is 5.83. The first-order chi connectivity index (χ1) is 28.2. The van der Waals surface area contributed by atoms with Crippen molar-refractivity contribution in [3.8, 4) is 67.5 Å². The highest BCUT2D eigenvalue weighted by atomic mass is 16.3. The number of hydrogen-bond donors (Lipinski definition) is 0. The summed E-state index contributed by atoms with van der Waals surface area (Å²) >= 11 is 0. The van der Waals surface area contributed by atoms with Crippen LogP contribution in [0.4, 0.5) is 0 Å².